The van der Waals surface area contributed by atoms with E-state index in [0.717, 1.165) is 22.6 Å². The van der Waals surface area contributed by atoms with Crippen molar-refractivity contribution in [2.75, 3.05) is 0 Å². The standard InChI is InChI=1S/C11H12ClN3/c1-8-9(2)15(7-14-8)11-6-13-4-3-10(11)5-12/h3-4,6-7H,5H2,1-2H3. The zero-order chi connectivity index (χ0) is 10.8. The molecule has 0 unspecified atom stereocenters. The van der Waals surface area contributed by atoms with Crippen molar-refractivity contribution in [3.05, 3.63) is 41.7 Å². The minimum Gasteiger partial charge on any atom is -0.301 e. The normalized spacial score (nSPS) is 10.6. The van der Waals surface area contributed by atoms with Crippen molar-refractivity contribution in [3.63, 3.8) is 0 Å². The van der Waals surface area contributed by atoms with Crippen molar-refractivity contribution in [2.45, 2.75) is 19.7 Å². The third kappa shape index (κ3) is 1.75. The first-order valence-corrected chi connectivity index (χ1v) is 5.27. The van der Waals surface area contributed by atoms with Crippen molar-refractivity contribution >= 4 is 11.6 Å². The molecule has 4 heteroatoms. The summed E-state index contributed by atoms with van der Waals surface area (Å²) < 4.78 is 2.01. The van der Waals surface area contributed by atoms with Crippen LogP contribution < -0.4 is 0 Å². The van der Waals surface area contributed by atoms with E-state index in [2.05, 4.69) is 9.97 Å². The van der Waals surface area contributed by atoms with Gasteiger partial charge in [0, 0.05) is 17.8 Å². The zero-order valence-corrected chi connectivity index (χ0v) is 9.49. The lowest BCUT2D eigenvalue weighted by Gasteiger charge is -2.08. The molecule has 3 nitrogen and oxygen atoms in total. The molecule has 0 radical (unpaired) electrons. The second kappa shape index (κ2) is 4.03. The van der Waals surface area contributed by atoms with Crippen molar-refractivity contribution in [3.8, 4) is 5.69 Å². The van der Waals surface area contributed by atoms with Gasteiger partial charge in [-0.15, -0.1) is 11.6 Å². The predicted molar refractivity (Wildman–Crippen MR) is 60.4 cm³/mol. The zero-order valence-electron chi connectivity index (χ0n) is 8.74. The number of aromatic nitrogens is 3. The summed E-state index contributed by atoms with van der Waals surface area (Å²) in [5, 5.41) is 0. The number of nitrogens with zero attached hydrogens (tertiary/aromatic N) is 3. The van der Waals surface area contributed by atoms with E-state index in [1.165, 1.54) is 0 Å². The van der Waals surface area contributed by atoms with E-state index in [9.17, 15) is 0 Å². The van der Waals surface area contributed by atoms with Crippen LogP contribution in [-0.2, 0) is 5.88 Å². The second-order valence-corrected chi connectivity index (χ2v) is 3.69. The number of hydrogen-bond acceptors (Lipinski definition) is 2. The average Bonchev–Trinajstić information content (AvgIpc) is 2.60. The first kappa shape index (κ1) is 10.2. The fourth-order valence-electron chi connectivity index (χ4n) is 1.49. The van der Waals surface area contributed by atoms with Gasteiger partial charge in [0.1, 0.15) is 0 Å². The lowest BCUT2D eigenvalue weighted by molar-refractivity contribution is 0.971. The van der Waals surface area contributed by atoms with Crippen LogP contribution in [0.15, 0.2) is 24.8 Å². The molecule has 0 aliphatic carbocycles. The Morgan fingerprint density at radius 1 is 1.40 bits per heavy atom. The van der Waals surface area contributed by atoms with Gasteiger partial charge in [-0.1, -0.05) is 0 Å². The summed E-state index contributed by atoms with van der Waals surface area (Å²) in [6.45, 7) is 4.02. The Kier molecular flexibility index (Phi) is 2.73. The summed E-state index contributed by atoms with van der Waals surface area (Å²) in [6, 6.07) is 1.93. The lowest BCUT2D eigenvalue weighted by atomic mass is 10.2. The molecule has 0 aliphatic rings. The first-order chi connectivity index (χ1) is 7.24. The van der Waals surface area contributed by atoms with E-state index in [1.54, 1.807) is 12.5 Å². The number of halogens is 1. The molecule has 0 bridgehead atoms. The van der Waals surface area contributed by atoms with Crippen LogP contribution in [0, 0.1) is 13.8 Å². The van der Waals surface area contributed by atoms with Crippen molar-refractivity contribution in [2.24, 2.45) is 0 Å². The van der Waals surface area contributed by atoms with Crippen LogP contribution in [0.1, 0.15) is 17.0 Å². The Balaban J connectivity index is 2.58. The molecule has 0 fully saturated rings. The molecule has 0 spiro atoms. The number of aryl methyl sites for hydroxylation is 1. The Hall–Kier alpha value is -1.35. The molecule has 15 heavy (non-hydrogen) atoms. The van der Waals surface area contributed by atoms with E-state index >= 15 is 0 Å². The molecular formula is C11H12ClN3. The summed E-state index contributed by atoms with van der Waals surface area (Å²) in [5.74, 6) is 0.481. The van der Waals surface area contributed by atoms with Gasteiger partial charge in [0.05, 0.1) is 23.9 Å². The van der Waals surface area contributed by atoms with E-state index < -0.39 is 0 Å². The summed E-state index contributed by atoms with van der Waals surface area (Å²) in [6.07, 6.45) is 5.36. The number of imidazole rings is 1. The Labute approximate surface area is 93.7 Å². The number of pyridine rings is 1. The van der Waals surface area contributed by atoms with E-state index in [1.807, 2.05) is 30.7 Å². The van der Waals surface area contributed by atoms with Crippen molar-refractivity contribution in [1.29, 1.82) is 0 Å². The van der Waals surface area contributed by atoms with Crippen LogP contribution in [-0.4, -0.2) is 14.5 Å². The van der Waals surface area contributed by atoms with Crippen LogP contribution in [0.2, 0.25) is 0 Å². The molecule has 0 N–H and O–H groups in total. The predicted octanol–water partition coefficient (Wildman–Crippen LogP) is 2.62. The fraction of sp³-hybridized carbons (Fsp3) is 0.273. The van der Waals surface area contributed by atoms with Gasteiger partial charge in [0.2, 0.25) is 0 Å². The minimum absolute atomic E-state index is 0.481. The maximum absolute atomic E-state index is 5.88. The highest BCUT2D eigenvalue weighted by molar-refractivity contribution is 6.17. The highest BCUT2D eigenvalue weighted by atomic mass is 35.5. The summed E-state index contributed by atoms with van der Waals surface area (Å²) in [7, 11) is 0. The quantitative estimate of drug-likeness (QED) is 0.730. The molecule has 0 atom stereocenters. The fourth-order valence-corrected chi connectivity index (χ4v) is 1.71. The average molecular weight is 222 g/mol. The highest BCUT2D eigenvalue weighted by Gasteiger charge is 2.07. The topological polar surface area (TPSA) is 30.7 Å². The first-order valence-electron chi connectivity index (χ1n) is 4.74. The summed E-state index contributed by atoms with van der Waals surface area (Å²) >= 11 is 5.88. The molecule has 0 saturated heterocycles. The van der Waals surface area contributed by atoms with Crippen molar-refractivity contribution in [1.82, 2.24) is 14.5 Å². The van der Waals surface area contributed by atoms with Gasteiger partial charge in [-0.2, -0.15) is 0 Å². The van der Waals surface area contributed by atoms with Crippen LogP contribution in [0.25, 0.3) is 5.69 Å². The van der Waals surface area contributed by atoms with Gasteiger partial charge in [-0.3, -0.25) is 4.98 Å². The third-order valence-electron chi connectivity index (χ3n) is 2.54. The summed E-state index contributed by atoms with van der Waals surface area (Å²) in [5.41, 5.74) is 4.21. The van der Waals surface area contributed by atoms with E-state index in [-0.39, 0.29) is 0 Å². The Bertz CT molecular complexity index is 476. The molecule has 0 amide bonds. The molecular weight excluding hydrogens is 210 g/mol. The molecule has 78 valence electrons. The third-order valence-corrected chi connectivity index (χ3v) is 2.83. The van der Waals surface area contributed by atoms with Gasteiger partial charge < -0.3 is 4.57 Å². The van der Waals surface area contributed by atoms with Gasteiger partial charge in [-0.05, 0) is 25.5 Å². The smallest absolute Gasteiger partial charge is 0.0998 e. The van der Waals surface area contributed by atoms with Crippen LogP contribution in [0.5, 0.6) is 0 Å². The lowest BCUT2D eigenvalue weighted by Crippen LogP contribution is -2.00. The monoisotopic (exact) mass is 221 g/mol. The van der Waals surface area contributed by atoms with E-state index in [0.29, 0.717) is 5.88 Å². The molecule has 0 aliphatic heterocycles. The van der Waals surface area contributed by atoms with Crippen LogP contribution >= 0.6 is 11.6 Å². The molecule has 2 aromatic heterocycles. The SMILES string of the molecule is Cc1ncn(-c2cnccc2CCl)c1C. The number of rotatable bonds is 2. The highest BCUT2D eigenvalue weighted by Crippen LogP contribution is 2.18. The maximum atomic E-state index is 5.88. The van der Waals surface area contributed by atoms with Gasteiger partial charge in [0.15, 0.2) is 0 Å². The largest absolute Gasteiger partial charge is 0.301 e. The Morgan fingerprint density at radius 3 is 2.80 bits per heavy atom. The summed E-state index contributed by atoms with van der Waals surface area (Å²) in [4.78, 5) is 8.37. The number of hydrogen-bond donors (Lipinski definition) is 0. The maximum Gasteiger partial charge on any atom is 0.0998 e. The minimum atomic E-state index is 0.481. The number of alkyl halides is 1. The van der Waals surface area contributed by atoms with Crippen LogP contribution in [0.4, 0.5) is 0 Å². The Morgan fingerprint density at radius 2 is 2.20 bits per heavy atom. The van der Waals surface area contributed by atoms with Gasteiger partial charge in [0.25, 0.3) is 0 Å². The van der Waals surface area contributed by atoms with Crippen LogP contribution in [0.3, 0.4) is 0 Å². The molecule has 0 aromatic carbocycles. The van der Waals surface area contributed by atoms with E-state index in [4.69, 9.17) is 11.6 Å². The molecule has 0 saturated carbocycles. The van der Waals surface area contributed by atoms with Crippen molar-refractivity contribution < 1.29 is 0 Å². The molecule has 2 aromatic rings. The van der Waals surface area contributed by atoms with Gasteiger partial charge >= 0.3 is 0 Å². The molecule has 2 rings (SSSR count). The van der Waals surface area contributed by atoms with Gasteiger partial charge in [-0.25, -0.2) is 4.98 Å². The molecule has 2 heterocycles. The second-order valence-electron chi connectivity index (χ2n) is 3.42.